The SMILES string of the molecule is C#Cc1ccc2csnc2c1. The van der Waals surface area contributed by atoms with Gasteiger partial charge in [-0.15, -0.1) is 6.42 Å². The summed E-state index contributed by atoms with van der Waals surface area (Å²) in [6.07, 6.45) is 5.24. The van der Waals surface area contributed by atoms with E-state index < -0.39 is 0 Å². The van der Waals surface area contributed by atoms with Crippen LogP contribution in [0.5, 0.6) is 0 Å². The molecule has 0 radical (unpaired) electrons. The zero-order valence-corrected chi connectivity index (χ0v) is 6.56. The second kappa shape index (κ2) is 2.37. The Bertz CT molecular complexity index is 422. The third-order valence-corrected chi connectivity index (χ3v) is 2.19. The van der Waals surface area contributed by atoms with Gasteiger partial charge in [-0.2, -0.15) is 4.37 Å². The standard InChI is InChI=1S/C9H5NS/c1-2-7-3-4-8-6-11-10-9(8)5-7/h1,3-6H. The van der Waals surface area contributed by atoms with Gasteiger partial charge in [0.2, 0.25) is 0 Å². The minimum absolute atomic E-state index is 0.892. The summed E-state index contributed by atoms with van der Waals surface area (Å²) in [5.41, 5.74) is 1.88. The summed E-state index contributed by atoms with van der Waals surface area (Å²) in [7, 11) is 0. The van der Waals surface area contributed by atoms with E-state index in [4.69, 9.17) is 6.42 Å². The normalized spacial score (nSPS) is 9.73. The van der Waals surface area contributed by atoms with Gasteiger partial charge in [-0.05, 0) is 23.7 Å². The highest BCUT2D eigenvalue weighted by atomic mass is 32.1. The molecule has 0 atom stereocenters. The molecule has 1 nitrogen and oxygen atoms in total. The molecule has 0 unspecified atom stereocenters. The largest absolute Gasteiger partial charge is 0.193 e. The molecule has 0 saturated heterocycles. The molecule has 2 heteroatoms. The Labute approximate surface area is 68.8 Å². The number of rotatable bonds is 0. The van der Waals surface area contributed by atoms with E-state index in [0.717, 1.165) is 16.5 Å². The van der Waals surface area contributed by atoms with Gasteiger partial charge >= 0.3 is 0 Å². The van der Waals surface area contributed by atoms with E-state index in [-0.39, 0.29) is 0 Å². The lowest BCUT2D eigenvalue weighted by Crippen LogP contribution is -1.72. The van der Waals surface area contributed by atoms with Crippen LogP contribution in [0.15, 0.2) is 23.6 Å². The van der Waals surface area contributed by atoms with Crippen LogP contribution >= 0.6 is 11.5 Å². The Morgan fingerprint density at radius 1 is 1.45 bits per heavy atom. The molecule has 11 heavy (non-hydrogen) atoms. The minimum atomic E-state index is 0.892. The number of aromatic nitrogens is 1. The van der Waals surface area contributed by atoms with Crippen molar-refractivity contribution in [1.29, 1.82) is 0 Å². The van der Waals surface area contributed by atoms with Crippen LogP contribution in [0, 0.1) is 12.3 Å². The van der Waals surface area contributed by atoms with Crippen molar-refractivity contribution in [3.8, 4) is 12.3 Å². The topological polar surface area (TPSA) is 12.9 Å². The fraction of sp³-hybridized carbons (Fsp3) is 0. The van der Waals surface area contributed by atoms with Gasteiger partial charge in [0.1, 0.15) is 0 Å². The number of benzene rings is 1. The number of nitrogens with zero attached hydrogens (tertiary/aromatic N) is 1. The quantitative estimate of drug-likeness (QED) is 0.537. The first-order chi connectivity index (χ1) is 5.40. The smallest absolute Gasteiger partial charge is 0.0853 e. The molecule has 0 fully saturated rings. The number of hydrogen-bond acceptors (Lipinski definition) is 2. The molecule has 1 aromatic carbocycles. The lowest BCUT2D eigenvalue weighted by atomic mass is 10.2. The number of fused-ring (bicyclic) bond motifs is 1. The van der Waals surface area contributed by atoms with E-state index in [0.29, 0.717) is 0 Å². The van der Waals surface area contributed by atoms with Crippen molar-refractivity contribution in [3.63, 3.8) is 0 Å². The van der Waals surface area contributed by atoms with Crippen molar-refractivity contribution in [1.82, 2.24) is 4.37 Å². The Morgan fingerprint density at radius 2 is 2.36 bits per heavy atom. The molecular weight excluding hydrogens is 154 g/mol. The zero-order valence-electron chi connectivity index (χ0n) is 5.74. The molecule has 0 aliphatic rings. The molecular formula is C9H5NS. The van der Waals surface area contributed by atoms with Crippen molar-refractivity contribution in [3.05, 3.63) is 29.1 Å². The summed E-state index contributed by atoms with van der Waals surface area (Å²) in [5.74, 6) is 2.57. The van der Waals surface area contributed by atoms with Gasteiger partial charge in [-0.3, -0.25) is 0 Å². The first-order valence-electron chi connectivity index (χ1n) is 3.21. The molecule has 2 rings (SSSR count). The molecule has 0 bridgehead atoms. The molecule has 2 aromatic rings. The van der Waals surface area contributed by atoms with Gasteiger partial charge in [-0.25, -0.2) is 0 Å². The van der Waals surface area contributed by atoms with Gasteiger partial charge in [0.15, 0.2) is 0 Å². The van der Waals surface area contributed by atoms with Crippen molar-refractivity contribution >= 4 is 22.4 Å². The molecule has 0 aliphatic heterocycles. The van der Waals surface area contributed by atoms with Crippen molar-refractivity contribution < 1.29 is 0 Å². The maximum Gasteiger partial charge on any atom is 0.0853 e. The van der Waals surface area contributed by atoms with Gasteiger partial charge in [-0.1, -0.05) is 12.0 Å². The Balaban J connectivity index is 2.79. The minimum Gasteiger partial charge on any atom is -0.193 e. The average molecular weight is 159 g/mol. The van der Waals surface area contributed by atoms with Crippen LogP contribution in [0.2, 0.25) is 0 Å². The van der Waals surface area contributed by atoms with Gasteiger partial charge in [0.05, 0.1) is 5.52 Å². The van der Waals surface area contributed by atoms with Crippen LogP contribution in [-0.2, 0) is 0 Å². The molecule has 0 amide bonds. The fourth-order valence-corrected chi connectivity index (χ4v) is 1.59. The summed E-state index contributed by atoms with van der Waals surface area (Å²) in [5, 5.41) is 3.17. The molecule has 0 saturated carbocycles. The molecule has 0 aliphatic carbocycles. The van der Waals surface area contributed by atoms with Crippen LogP contribution in [0.4, 0.5) is 0 Å². The van der Waals surface area contributed by atoms with Crippen LogP contribution in [0.25, 0.3) is 10.9 Å². The molecule has 0 N–H and O–H groups in total. The average Bonchev–Trinajstić information content (AvgIpc) is 2.50. The first kappa shape index (κ1) is 6.38. The summed E-state index contributed by atoms with van der Waals surface area (Å²) in [4.78, 5) is 0. The second-order valence-corrected chi connectivity index (χ2v) is 2.86. The Morgan fingerprint density at radius 3 is 3.18 bits per heavy atom. The summed E-state index contributed by atoms with van der Waals surface area (Å²) in [6, 6.07) is 5.84. The fourth-order valence-electron chi connectivity index (χ4n) is 0.952. The highest BCUT2D eigenvalue weighted by Crippen LogP contribution is 2.15. The lowest BCUT2D eigenvalue weighted by Gasteiger charge is -1.88. The molecule has 0 spiro atoms. The van der Waals surface area contributed by atoms with Crippen molar-refractivity contribution in [2.24, 2.45) is 0 Å². The maximum absolute atomic E-state index is 5.24. The summed E-state index contributed by atoms with van der Waals surface area (Å²) >= 11 is 1.45. The van der Waals surface area contributed by atoms with Gasteiger partial charge < -0.3 is 0 Å². The molecule has 1 heterocycles. The zero-order chi connectivity index (χ0) is 7.68. The van der Waals surface area contributed by atoms with Gasteiger partial charge in [0.25, 0.3) is 0 Å². The highest BCUT2D eigenvalue weighted by Gasteiger charge is 1.94. The van der Waals surface area contributed by atoms with E-state index in [1.807, 2.05) is 23.6 Å². The van der Waals surface area contributed by atoms with Crippen LogP contribution in [0.1, 0.15) is 5.56 Å². The third kappa shape index (κ3) is 0.997. The molecule has 1 aromatic heterocycles. The first-order valence-corrected chi connectivity index (χ1v) is 4.04. The van der Waals surface area contributed by atoms with Crippen LogP contribution in [0.3, 0.4) is 0 Å². The van der Waals surface area contributed by atoms with E-state index in [1.165, 1.54) is 11.5 Å². The van der Waals surface area contributed by atoms with E-state index in [1.54, 1.807) is 0 Å². The van der Waals surface area contributed by atoms with E-state index in [2.05, 4.69) is 10.3 Å². The van der Waals surface area contributed by atoms with E-state index in [9.17, 15) is 0 Å². The predicted octanol–water partition coefficient (Wildman–Crippen LogP) is 2.28. The summed E-state index contributed by atoms with van der Waals surface area (Å²) < 4.78 is 4.17. The number of hydrogen-bond donors (Lipinski definition) is 0. The predicted molar refractivity (Wildman–Crippen MR) is 47.6 cm³/mol. The second-order valence-electron chi connectivity index (χ2n) is 2.23. The van der Waals surface area contributed by atoms with Gasteiger partial charge in [0, 0.05) is 16.3 Å². The van der Waals surface area contributed by atoms with Crippen LogP contribution < -0.4 is 0 Å². The summed E-state index contributed by atoms with van der Waals surface area (Å²) in [6.45, 7) is 0. The lowest BCUT2D eigenvalue weighted by molar-refractivity contribution is 1.64. The Kier molecular flexibility index (Phi) is 1.38. The van der Waals surface area contributed by atoms with Crippen molar-refractivity contribution in [2.75, 3.05) is 0 Å². The van der Waals surface area contributed by atoms with E-state index >= 15 is 0 Å². The highest BCUT2D eigenvalue weighted by molar-refractivity contribution is 7.04. The third-order valence-electron chi connectivity index (χ3n) is 1.53. The molecule has 52 valence electrons. The van der Waals surface area contributed by atoms with Crippen molar-refractivity contribution in [2.45, 2.75) is 0 Å². The maximum atomic E-state index is 5.24. The van der Waals surface area contributed by atoms with Crippen LogP contribution in [-0.4, -0.2) is 4.37 Å². The monoisotopic (exact) mass is 159 g/mol. The number of terminal acetylenes is 1. The Hall–Kier alpha value is -1.33.